The van der Waals surface area contributed by atoms with Crippen LogP contribution in [-0.2, 0) is 12.8 Å². The molecule has 0 saturated carbocycles. The highest BCUT2D eigenvalue weighted by atomic mass is 32.1. The molecular formula is C11H17NS. The Bertz CT molecular complexity index is 301. The summed E-state index contributed by atoms with van der Waals surface area (Å²) in [5, 5.41) is 2.31. The normalized spacial score (nSPS) is 22.0. The second kappa shape index (κ2) is 3.43. The standard InChI is InChI=1S/C11H17NS/c1-8-7-13-11-5-4-9(12(2)3)6-10(8)11/h7,9H,4-6H2,1-3H3. The van der Waals surface area contributed by atoms with Gasteiger partial charge in [-0.3, -0.25) is 0 Å². The van der Waals surface area contributed by atoms with Gasteiger partial charge in [0.05, 0.1) is 0 Å². The van der Waals surface area contributed by atoms with Crippen LogP contribution in [0.4, 0.5) is 0 Å². The third kappa shape index (κ3) is 1.65. The van der Waals surface area contributed by atoms with Crippen LogP contribution < -0.4 is 0 Å². The molecular weight excluding hydrogens is 178 g/mol. The third-order valence-electron chi connectivity index (χ3n) is 3.07. The van der Waals surface area contributed by atoms with Crippen LogP contribution >= 0.6 is 11.3 Å². The highest BCUT2D eigenvalue weighted by Gasteiger charge is 2.22. The van der Waals surface area contributed by atoms with Gasteiger partial charge in [-0.05, 0) is 56.8 Å². The van der Waals surface area contributed by atoms with Crippen molar-refractivity contribution in [2.75, 3.05) is 14.1 Å². The summed E-state index contributed by atoms with van der Waals surface area (Å²) in [4.78, 5) is 4.00. The van der Waals surface area contributed by atoms with Gasteiger partial charge < -0.3 is 4.90 Å². The van der Waals surface area contributed by atoms with Gasteiger partial charge in [-0.15, -0.1) is 11.3 Å². The second-order valence-electron chi connectivity index (χ2n) is 4.18. The minimum absolute atomic E-state index is 0.765. The van der Waals surface area contributed by atoms with E-state index in [9.17, 15) is 0 Å². The highest BCUT2D eigenvalue weighted by Crippen LogP contribution is 2.30. The summed E-state index contributed by atoms with van der Waals surface area (Å²) in [5.41, 5.74) is 3.14. The van der Waals surface area contributed by atoms with Crippen LogP contribution in [0.15, 0.2) is 5.38 Å². The van der Waals surface area contributed by atoms with E-state index < -0.39 is 0 Å². The first-order valence-corrected chi connectivity index (χ1v) is 5.78. The molecule has 0 bridgehead atoms. The summed E-state index contributed by atoms with van der Waals surface area (Å²) in [5.74, 6) is 0. The highest BCUT2D eigenvalue weighted by molar-refractivity contribution is 7.10. The molecule has 1 heterocycles. The maximum Gasteiger partial charge on any atom is 0.0133 e. The molecule has 0 saturated heterocycles. The van der Waals surface area contributed by atoms with Gasteiger partial charge in [-0.25, -0.2) is 0 Å². The van der Waals surface area contributed by atoms with Crippen LogP contribution in [0.1, 0.15) is 22.4 Å². The zero-order chi connectivity index (χ0) is 9.42. The zero-order valence-electron chi connectivity index (χ0n) is 8.63. The summed E-state index contributed by atoms with van der Waals surface area (Å²) in [7, 11) is 4.38. The first kappa shape index (κ1) is 9.22. The van der Waals surface area contributed by atoms with E-state index in [0.29, 0.717) is 0 Å². The molecule has 13 heavy (non-hydrogen) atoms. The first-order chi connectivity index (χ1) is 6.18. The fraction of sp³-hybridized carbons (Fsp3) is 0.636. The Morgan fingerprint density at radius 2 is 2.23 bits per heavy atom. The maximum atomic E-state index is 2.36. The molecule has 0 fully saturated rings. The lowest BCUT2D eigenvalue weighted by atomic mass is 9.91. The molecule has 0 N–H and O–H groups in total. The molecule has 0 aliphatic heterocycles. The van der Waals surface area contributed by atoms with E-state index in [4.69, 9.17) is 0 Å². The second-order valence-corrected chi connectivity index (χ2v) is 5.14. The van der Waals surface area contributed by atoms with Crippen LogP contribution in [-0.4, -0.2) is 25.0 Å². The summed E-state index contributed by atoms with van der Waals surface area (Å²) < 4.78 is 0. The monoisotopic (exact) mass is 195 g/mol. The Hall–Kier alpha value is -0.340. The van der Waals surface area contributed by atoms with Gasteiger partial charge in [0, 0.05) is 10.9 Å². The van der Waals surface area contributed by atoms with Gasteiger partial charge in [-0.2, -0.15) is 0 Å². The minimum Gasteiger partial charge on any atom is -0.306 e. The molecule has 1 atom stereocenters. The van der Waals surface area contributed by atoms with Gasteiger partial charge in [0.25, 0.3) is 0 Å². The van der Waals surface area contributed by atoms with E-state index in [1.165, 1.54) is 24.8 Å². The van der Waals surface area contributed by atoms with E-state index in [-0.39, 0.29) is 0 Å². The summed E-state index contributed by atoms with van der Waals surface area (Å²) in [6.45, 7) is 2.24. The van der Waals surface area contributed by atoms with Crippen molar-refractivity contribution in [2.45, 2.75) is 32.2 Å². The molecule has 1 aromatic heterocycles. The first-order valence-electron chi connectivity index (χ1n) is 4.90. The van der Waals surface area contributed by atoms with E-state index in [1.807, 2.05) is 11.3 Å². The Balaban J connectivity index is 2.22. The van der Waals surface area contributed by atoms with Crippen molar-refractivity contribution >= 4 is 11.3 Å². The SMILES string of the molecule is Cc1csc2c1CC(N(C)C)CC2. The van der Waals surface area contributed by atoms with Gasteiger partial charge in [0.15, 0.2) is 0 Å². The average molecular weight is 195 g/mol. The predicted molar refractivity (Wildman–Crippen MR) is 58.6 cm³/mol. The Kier molecular flexibility index (Phi) is 2.43. The smallest absolute Gasteiger partial charge is 0.0133 e. The van der Waals surface area contributed by atoms with Crippen molar-refractivity contribution in [2.24, 2.45) is 0 Å². The molecule has 1 unspecified atom stereocenters. The van der Waals surface area contributed by atoms with Crippen LogP contribution in [0.2, 0.25) is 0 Å². The molecule has 1 aliphatic rings. The van der Waals surface area contributed by atoms with Crippen molar-refractivity contribution in [1.82, 2.24) is 4.90 Å². The molecule has 0 aromatic carbocycles. The lowest BCUT2D eigenvalue weighted by Crippen LogP contribution is -2.33. The van der Waals surface area contributed by atoms with Gasteiger partial charge in [0.2, 0.25) is 0 Å². The van der Waals surface area contributed by atoms with E-state index in [0.717, 1.165) is 6.04 Å². The Morgan fingerprint density at radius 3 is 2.92 bits per heavy atom. The summed E-state index contributed by atoms with van der Waals surface area (Å²) >= 11 is 1.95. The lowest BCUT2D eigenvalue weighted by Gasteiger charge is -2.28. The van der Waals surface area contributed by atoms with Crippen molar-refractivity contribution in [3.8, 4) is 0 Å². The number of aryl methyl sites for hydroxylation is 2. The average Bonchev–Trinajstić information content (AvgIpc) is 2.47. The van der Waals surface area contributed by atoms with Gasteiger partial charge in [0.1, 0.15) is 0 Å². The minimum atomic E-state index is 0.765. The topological polar surface area (TPSA) is 3.24 Å². The maximum absolute atomic E-state index is 2.36. The van der Waals surface area contributed by atoms with Crippen molar-refractivity contribution in [1.29, 1.82) is 0 Å². The number of nitrogens with zero attached hydrogens (tertiary/aromatic N) is 1. The third-order valence-corrected chi connectivity index (χ3v) is 4.27. The van der Waals surface area contributed by atoms with Crippen molar-refractivity contribution in [3.05, 3.63) is 21.4 Å². The number of thiophene rings is 1. The molecule has 2 rings (SSSR count). The number of likely N-dealkylation sites (N-methyl/N-ethyl adjacent to an activating group) is 1. The number of hydrogen-bond acceptors (Lipinski definition) is 2. The quantitative estimate of drug-likeness (QED) is 0.665. The van der Waals surface area contributed by atoms with Gasteiger partial charge >= 0.3 is 0 Å². The van der Waals surface area contributed by atoms with Crippen LogP contribution in [0, 0.1) is 6.92 Å². The molecule has 0 amide bonds. The molecule has 0 spiro atoms. The van der Waals surface area contributed by atoms with Crippen LogP contribution in [0.25, 0.3) is 0 Å². The van der Waals surface area contributed by atoms with E-state index >= 15 is 0 Å². The molecule has 2 heteroatoms. The van der Waals surface area contributed by atoms with Crippen molar-refractivity contribution in [3.63, 3.8) is 0 Å². The number of fused-ring (bicyclic) bond motifs is 1. The lowest BCUT2D eigenvalue weighted by molar-refractivity contribution is 0.269. The molecule has 0 radical (unpaired) electrons. The molecule has 72 valence electrons. The summed E-state index contributed by atoms with van der Waals surface area (Å²) in [6.07, 6.45) is 3.88. The number of rotatable bonds is 1. The predicted octanol–water partition coefficient (Wildman–Crippen LogP) is 2.48. The number of hydrogen-bond donors (Lipinski definition) is 0. The molecule has 1 aliphatic carbocycles. The van der Waals surface area contributed by atoms with Crippen LogP contribution in [0.3, 0.4) is 0 Å². The van der Waals surface area contributed by atoms with E-state index in [2.05, 4.69) is 31.3 Å². The van der Waals surface area contributed by atoms with E-state index in [1.54, 1.807) is 10.4 Å². The largest absolute Gasteiger partial charge is 0.306 e. The molecule has 1 nitrogen and oxygen atoms in total. The molecule has 1 aromatic rings. The fourth-order valence-corrected chi connectivity index (χ4v) is 3.17. The van der Waals surface area contributed by atoms with Gasteiger partial charge in [-0.1, -0.05) is 0 Å². The Labute approximate surface area is 84.4 Å². The fourth-order valence-electron chi connectivity index (χ4n) is 2.08. The Morgan fingerprint density at radius 1 is 1.46 bits per heavy atom. The van der Waals surface area contributed by atoms with Crippen molar-refractivity contribution < 1.29 is 0 Å². The zero-order valence-corrected chi connectivity index (χ0v) is 9.45. The van der Waals surface area contributed by atoms with Crippen LogP contribution in [0.5, 0.6) is 0 Å². The summed E-state index contributed by atoms with van der Waals surface area (Å²) in [6, 6.07) is 0.765.